The third kappa shape index (κ3) is 4.56. The van der Waals surface area contributed by atoms with Gasteiger partial charge in [0.25, 0.3) is 0 Å². The Morgan fingerprint density at radius 1 is 1.00 bits per heavy atom. The Balaban J connectivity index is 1.97. The Kier molecular flexibility index (Phi) is 5.60. The van der Waals surface area contributed by atoms with Crippen LogP contribution in [0.5, 0.6) is 5.75 Å². The van der Waals surface area contributed by atoms with Crippen LogP contribution in [0.25, 0.3) is 11.3 Å². The normalized spacial score (nSPS) is 11.0. The van der Waals surface area contributed by atoms with Crippen LogP contribution in [0.1, 0.15) is 17.1 Å². The fraction of sp³-hybridized carbons (Fsp3) is 0.167. The lowest BCUT2D eigenvalue weighted by molar-refractivity contribution is -0.0496. The van der Waals surface area contributed by atoms with Crippen LogP contribution in [0.15, 0.2) is 42.7 Å². The number of hydrogen-bond acceptors (Lipinski definition) is 5. The van der Waals surface area contributed by atoms with Crippen LogP contribution in [-0.2, 0) is 13.0 Å². The molecule has 2 aromatic heterocycles. The SMILES string of the molecule is OCc1ncc(Cc2ccc(OC(F)F)c(-c3ccc(F)c(F)c3)n2)cn1. The van der Waals surface area contributed by atoms with Crippen molar-refractivity contribution >= 4 is 0 Å². The number of rotatable bonds is 6. The fourth-order valence-corrected chi connectivity index (χ4v) is 2.39. The van der Waals surface area contributed by atoms with Crippen molar-refractivity contribution in [3.8, 4) is 17.0 Å². The lowest BCUT2D eigenvalue weighted by atomic mass is 10.1. The summed E-state index contributed by atoms with van der Waals surface area (Å²) in [5.41, 5.74) is 1.17. The topological polar surface area (TPSA) is 68.1 Å². The van der Waals surface area contributed by atoms with Gasteiger partial charge in [0.2, 0.25) is 0 Å². The number of aliphatic hydroxyl groups excluding tert-OH is 1. The average molecular weight is 379 g/mol. The van der Waals surface area contributed by atoms with Crippen molar-refractivity contribution in [3.63, 3.8) is 0 Å². The molecule has 3 rings (SSSR count). The standard InChI is InChI=1S/C18H13F4N3O2/c19-13-3-1-11(6-14(13)20)17-15(27-18(21)22)4-2-12(25-17)5-10-7-23-16(9-26)24-8-10/h1-4,6-8,18,26H,5,9H2. The molecular formula is C18H13F4N3O2. The van der Waals surface area contributed by atoms with Crippen molar-refractivity contribution in [2.45, 2.75) is 19.6 Å². The minimum absolute atomic E-state index is 0.0420. The summed E-state index contributed by atoms with van der Waals surface area (Å²) in [6.07, 6.45) is 3.26. The van der Waals surface area contributed by atoms with E-state index in [1.807, 2.05) is 0 Å². The van der Waals surface area contributed by atoms with E-state index >= 15 is 0 Å². The maximum absolute atomic E-state index is 13.5. The first-order chi connectivity index (χ1) is 13.0. The molecular weight excluding hydrogens is 366 g/mol. The Morgan fingerprint density at radius 2 is 1.74 bits per heavy atom. The first-order valence-electron chi connectivity index (χ1n) is 7.77. The molecule has 1 aromatic carbocycles. The van der Waals surface area contributed by atoms with Gasteiger partial charge in [-0.3, -0.25) is 0 Å². The van der Waals surface area contributed by atoms with Gasteiger partial charge in [0.1, 0.15) is 12.3 Å². The number of hydrogen-bond donors (Lipinski definition) is 1. The molecule has 0 bridgehead atoms. The van der Waals surface area contributed by atoms with Crippen molar-refractivity contribution in [2.75, 3.05) is 0 Å². The zero-order chi connectivity index (χ0) is 19.4. The van der Waals surface area contributed by atoms with E-state index in [9.17, 15) is 17.6 Å². The monoisotopic (exact) mass is 379 g/mol. The number of benzene rings is 1. The summed E-state index contributed by atoms with van der Waals surface area (Å²) in [6, 6.07) is 5.72. The summed E-state index contributed by atoms with van der Waals surface area (Å²) in [7, 11) is 0. The smallest absolute Gasteiger partial charge is 0.387 e. The third-order valence-corrected chi connectivity index (χ3v) is 3.61. The molecule has 5 nitrogen and oxygen atoms in total. The van der Waals surface area contributed by atoms with Gasteiger partial charge in [0, 0.05) is 30.1 Å². The molecule has 0 aliphatic carbocycles. The minimum Gasteiger partial charge on any atom is -0.432 e. The highest BCUT2D eigenvalue weighted by atomic mass is 19.3. The number of aliphatic hydroxyl groups is 1. The van der Waals surface area contributed by atoms with Gasteiger partial charge in [-0.1, -0.05) is 0 Å². The minimum atomic E-state index is -3.10. The van der Waals surface area contributed by atoms with Crippen molar-refractivity contribution in [1.82, 2.24) is 15.0 Å². The van der Waals surface area contributed by atoms with Gasteiger partial charge in [0.05, 0.1) is 0 Å². The van der Waals surface area contributed by atoms with Gasteiger partial charge in [-0.15, -0.1) is 0 Å². The van der Waals surface area contributed by atoms with Crippen LogP contribution in [0.3, 0.4) is 0 Å². The predicted molar refractivity (Wildman–Crippen MR) is 87.0 cm³/mol. The van der Waals surface area contributed by atoms with E-state index in [-0.39, 0.29) is 35.9 Å². The summed E-state index contributed by atoms with van der Waals surface area (Å²) in [5, 5.41) is 8.96. The molecule has 0 aliphatic rings. The van der Waals surface area contributed by atoms with Crippen LogP contribution in [-0.4, -0.2) is 26.7 Å². The maximum Gasteiger partial charge on any atom is 0.387 e. The molecule has 9 heteroatoms. The van der Waals surface area contributed by atoms with E-state index in [1.165, 1.54) is 30.6 Å². The van der Waals surface area contributed by atoms with Crippen molar-refractivity contribution < 1.29 is 27.4 Å². The highest BCUT2D eigenvalue weighted by Crippen LogP contribution is 2.31. The zero-order valence-corrected chi connectivity index (χ0v) is 13.7. The van der Waals surface area contributed by atoms with Gasteiger partial charge < -0.3 is 9.84 Å². The second kappa shape index (κ2) is 8.09. The maximum atomic E-state index is 13.5. The Labute approximate surface area is 151 Å². The second-order valence-corrected chi connectivity index (χ2v) is 5.50. The number of aromatic nitrogens is 3. The van der Waals surface area contributed by atoms with Crippen molar-refractivity contribution in [1.29, 1.82) is 0 Å². The van der Waals surface area contributed by atoms with E-state index in [4.69, 9.17) is 5.11 Å². The van der Waals surface area contributed by atoms with Crippen LogP contribution in [0.4, 0.5) is 17.6 Å². The quantitative estimate of drug-likeness (QED) is 0.664. The van der Waals surface area contributed by atoms with Crippen LogP contribution >= 0.6 is 0 Å². The van der Waals surface area contributed by atoms with E-state index in [0.29, 0.717) is 11.3 Å². The van der Waals surface area contributed by atoms with Crippen molar-refractivity contribution in [3.05, 3.63) is 71.4 Å². The van der Waals surface area contributed by atoms with E-state index in [0.717, 1.165) is 12.1 Å². The molecule has 27 heavy (non-hydrogen) atoms. The molecule has 0 atom stereocenters. The average Bonchev–Trinajstić information content (AvgIpc) is 2.65. The van der Waals surface area contributed by atoms with E-state index < -0.39 is 18.2 Å². The number of alkyl halides is 2. The summed E-state index contributed by atoms with van der Waals surface area (Å²) in [4.78, 5) is 12.1. The largest absolute Gasteiger partial charge is 0.432 e. The summed E-state index contributed by atoms with van der Waals surface area (Å²) < 4.78 is 56.5. The first-order valence-corrected chi connectivity index (χ1v) is 7.77. The number of nitrogens with zero attached hydrogens (tertiary/aromatic N) is 3. The van der Waals surface area contributed by atoms with Gasteiger partial charge in [0.15, 0.2) is 23.2 Å². The van der Waals surface area contributed by atoms with Crippen LogP contribution < -0.4 is 4.74 Å². The van der Waals surface area contributed by atoms with Crippen LogP contribution in [0.2, 0.25) is 0 Å². The Bertz CT molecular complexity index is 936. The number of ether oxygens (including phenoxy) is 1. The van der Waals surface area contributed by atoms with Crippen LogP contribution in [0, 0.1) is 11.6 Å². The fourth-order valence-electron chi connectivity index (χ4n) is 2.39. The molecule has 0 aliphatic heterocycles. The lowest BCUT2D eigenvalue weighted by Gasteiger charge is -2.12. The predicted octanol–water partition coefficient (Wildman–Crippen LogP) is 3.50. The summed E-state index contributed by atoms with van der Waals surface area (Å²) in [5.74, 6) is -2.19. The molecule has 0 unspecified atom stereocenters. The molecule has 0 amide bonds. The molecule has 0 fully saturated rings. The number of pyridine rings is 1. The summed E-state index contributed by atoms with van der Waals surface area (Å²) in [6.45, 7) is -3.39. The third-order valence-electron chi connectivity index (χ3n) is 3.61. The molecule has 0 spiro atoms. The van der Waals surface area contributed by atoms with Gasteiger partial charge in [-0.25, -0.2) is 23.7 Å². The Morgan fingerprint density at radius 3 is 2.37 bits per heavy atom. The number of halogens is 4. The summed E-state index contributed by atoms with van der Waals surface area (Å²) >= 11 is 0. The molecule has 0 saturated carbocycles. The highest BCUT2D eigenvalue weighted by Gasteiger charge is 2.16. The lowest BCUT2D eigenvalue weighted by Crippen LogP contribution is -2.06. The molecule has 3 aromatic rings. The molecule has 0 radical (unpaired) electrons. The highest BCUT2D eigenvalue weighted by molar-refractivity contribution is 5.66. The molecule has 1 N–H and O–H groups in total. The molecule has 2 heterocycles. The Hall–Kier alpha value is -3.07. The molecule has 140 valence electrons. The first kappa shape index (κ1) is 18.7. The van der Waals surface area contributed by atoms with E-state index in [2.05, 4.69) is 19.7 Å². The van der Waals surface area contributed by atoms with Gasteiger partial charge >= 0.3 is 6.61 Å². The van der Waals surface area contributed by atoms with Crippen molar-refractivity contribution in [2.24, 2.45) is 0 Å². The van der Waals surface area contributed by atoms with E-state index in [1.54, 1.807) is 0 Å². The second-order valence-electron chi connectivity index (χ2n) is 5.50. The zero-order valence-electron chi connectivity index (χ0n) is 13.7. The van der Waals surface area contributed by atoms with Gasteiger partial charge in [-0.05, 0) is 35.9 Å². The molecule has 0 saturated heterocycles. The van der Waals surface area contributed by atoms with Gasteiger partial charge in [-0.2, -0.15) is 8.78 Å².